The minimum absolute atomic E-state index is 0.0129. The standard InChI is InChI=1S/C13H14N2OS2/c1-9(2)7-14-12(16)6-10-8-18-13(15-10)11-4-3-5-17-11/h3-5,8H,1,6-7H2,2H3,(H,14,16). The third-order valence-corrected chi connectivity index (χ3v) is 4.14. The predicted octanol–water partition coefficient (Wildman–Crippen LogP) is 3.11. The van der Waals surface area contributed by atoms with E-state index in [1.54, 1.807) is 22.7 Å². The Morgan fingerprint density at radius 3 is 3.00 bits per heavy atom. The van der Waals surface area contributed by atoms with E-state index in [4.69, 9.17) is 0 Å². The number of hydrogen-bond acceptors (Lipinski definition) is 4. The van der Waals surface area contributed by atoms with Crippen LogP contribution in [0, 0.1) is 0 Å². The lowest BCUT2D eigenvalue weighted by Crippen LogP contribution is -2.26. The van der Waals surface area contributed by atoms with Crippen LogP contribution in [0.5, 0.6) is 0 Å². The van der Waals surface area contributed by atoms with E-state index >= 15 is 0 Å². The van der Waals surface area contributed by atoms with Gasteiger partial charge in [0, 0.05) is 11.9 Å². The lowest BCUT2D eigenvalue weighted by atomic mass is 10.3. The lowest BCUT2D eigenvalue weighted by Gasteiger charge is -2.02. The van der Waals surface area contributed by atoms with Gasteiger partial charge >= 0.3 is 0 Å². The zero-order valence-electron chi connectivity index (χ0n) is 10.1. The number of thiophene rings is 1. The molecule has 0 saturated carbocycles. The molecule has 0 fully saturated rings. The molecule has 1 N–H and O–H groups in total. The van der Waals surface area contributed by atoms with Crippen molar-refractivity contribution in [2.45, 2.75) is 13.3 Å². The van der Waals surface area contributed by atoms with Crippen LogP contribution < -0.4 is 5.32 Å². The molecule has 0 spiro atoms. The number of thiazole rings is 1. The fourth-order valence-electron chi connectivity index (χ4n) is 1.38. The largest absolute Gasteiger partial charge is 0.352 e. The number of carbonyl (C=O) groups is 1. The van der Waals surface area contributed by atoms with Crippen molar-refractivity contribution in [2.75, 3.05) is 6.54 Å². The average molecular weight is 278 g/mol. The second-order valence-electron chi connectivity index (χ2n) is 4.03. The van der Waals surface area contributed by atoms with Gasteiger partial charge in [0.25, 0.3) is 0 Å². The molecule has 2 heterocycles. The second-order valence-corrected chi connectivity index (χ2v) is 5.84. The fraction of sp³-hybridized carbons (Fsp3) is 0.231. The van der Waals surface area contributed by atoms with E-state index < -0.39 is 0 Å². The molecule has 2 aromatic rings. The van der Waals surface area contributed by atoms with E-state index in [0.29, 0.717) is 13.0 Å². The van der Waals surface area contributed by atoms with Crippen molar-refractivity contribution in [3.05, 3.63) is 40.7 Å². The second kappa shape index (κ2) is 5.93. The number of nitrogens with zero attached hydrogens (tertiary/aromatic N) is 1. The highest BCUT2D eigenvalue weighted by molar-refractivity contribution is 7.20. The Kier molecular flexibility index (Phi) is 4.28. The highest BCUT2D eigenvalue weighted by Gasteiger charge is 2.09. The molecule has 0 bridgehead atoms. The minimum Gasteiger partial charge on any atom is -0.352 e. The van der Waals surface area contributed by atoms with Gasteiger partial charge in [-0.25, -0.2) is 4.98 Å². The summed E-state index contributed by atoms with van der Waals surface area (Å²) < 4.78 is 0. The van der Waals surface area contributed by atoms with Crippen LogP contribution in [-0.2, 0) is 11.2 Å². The van der Waals surface area contributed by atoms with Gasteiger partial charge in [-0.05, 0) is 18.4 Å². The van der Waals surface area contributed by atoms with Crippen LogP contribution >= 0.6 is 22.7 Å². The first-order chi connectivity index (χ1) is 8.65. The first-order valence-electron chi connectivity index (χ1n) is 5.54. The van der Waals surface area contributed by atoms with E-state index in [9.17, 15) is 4.79 Å². The van der Waals surface area contributed by atoms with E-state index in [2.05, 4.69) is 16.9 Å². The molecule has 0 radical (unpaired) electrons. The van der Waals surface area contributed by atoms with Gasteiger partial charge in [-0.3, -0.25) is 4.79 Å². The summed E-state index contributed by atoms with van der Waals surface area (Å²) in [6, 6.07) is 4.04. The molecule has 18 heavy (non-hydrogen) atoms. The summed E-state index contributed by atoms with van der Waals surface area (Å²) >= 11 is 3.23. The van der Waals surface area contributed by atoms with Crippen molar-refractivity contribution in [3.63, 3.8) is 0 Å². The normalized spacial score (nSPS) is 10.3. The Labute approximate surface area is 114 Å². The Morgan fingerprint density at radius 2 is 2.33 bits per heavy atom. The fourth-order valence-corrected chi connectivity index (χ4v) is 3.01. The number of rotatable bonds is 5. The van der Waals surface area contributed by atoms with Gasteiger partial charge in [0.05, 0.1) is 17.0 Å². The molecule has 0 aromatic carbocycles. The van der Waals surface area contributed by atoms with Crippen LogP contribution in [0.3, 0.4) is 0 Å². The molecular formula is C13H14N2OS2. The smallest absolute Gasteiger partial charge is 0.226 e. The molecule has 0 aliphatic carbocycles. The monoisotopic (exact) mass is 278 g/mol. The first kappa shape index (κ1) is 13.0. The van der Waals surface area contributed by atoms with Crippen LogP contribution in [0.15, 0.2) is 35.0 Å². The summed E-state index contributed by atoms with van der Waals surface area (Å²) in [4.78, 5) is 17.2. The summed E-state index contributed by atoms with van der Waals surface area (Å²) in [7, 11) is 0. The molecule has 5 heteroatoms. The van der Waals surface area contributed by atoms with Gasteiger partial charge in [0.15, 0.2) is 0 Å². The molecule has 94 valence electrons. The summed E-state index contributed by atoms with van der Waals surface area (Å²) in [5.41, 5.74) is 1.77. The van der Waals surface area contributed by atoms with E-state index in [1.807, 2.05) is 29.8 Å². The van der Waals surface area contributed by atoms with Gasteiger partial charge in [-0.2, -0.15) is 0 Å². The van der Waals surface area contributed by atoms with Crippen molar-refractivity contribution in [1.29, 1.82) is 0 Å². The molecule has 0 unspecified atom stereocenters. The van der Waals surface area contributed by atoms with Crippen LogP contribution in [0.4, 0.5) is 0 Å². The zero-order chi connectivity index (χ0) is 13.0. The zero-order valence-corrected chi connectivity index (χ0v) is 11.7. The predicted molar refractivity (Wildman–Crippen MR) is 77.0 cm³/mol. The molecule has 2 aromatic heterocycles. The molecule has 0 aliphatic rings. The van der Waals surface area contributed by atoms with E-state index in [0.717, 1.165) is 21.2 Å². The molecule has 0 atom stereocenters. The van der Waals surface area contributed by atoms with Gasteiger partial charge in [-0.1, -0.05) is 18.2 Å². The topological polar surface area (TPSA) is 42.0 Å². The lowest BCUT2D eigenvalue weighted by molar-refractivity contribution is -0.120. The molecule has 2 rings (SSSR count). The number of amides is 1. The minimum atomic E-state index is -0.0129. The van der Waals surface area contributed by atoms with Crippen LogP contribution in [0.2, 0.25) is 0 Å². The molecule has 0 aliphatic heterocycles. The van der Waals surface area contributed by atoms with Crippen molar-refractivity contribution >= 4 is 28.6 Å². The third kappa shape index (κ3) is 3.51. The number of carbonyl (C=O) groups excluding carboxylic acids is 1. The summed E-state index contributed by atoms with van der Waals surface area (Å²) in [6.45, 7) is 6.16. The molecule has 1 amide bonds. The highest BCUT2D eigenvalue weighted by Crippen LogP contribution is 2.27. The highest BCUT2D eigenvalue weighted by atomic mass is 32.1. The van der Waals surface area contributed by atoms with Gasteiger partial charge in [-0.15, -0.1) is 22.7 Å². The van der Waals surface area contributed by atoms with Crippen molar-refractivity contribution in [3.8, 4) is 9.88 Å². The van der Waals surface area contributed by atoms with Crippen LogP contribution in [-0.4, -0.2) is 17.4 Å². The van der Waals surface area contributed by atoms with Crippen LogP contribution in [0.25, 0.3) is 9.88 Å². The Morgan fingerprint density at radius 1 is 1.50 bits per heavy atom. The van der Waals surface area contributed by atoms with Crippen LogP contribution in [0.1, 0.15) is 12.6 Å². The molecule has 3 nitrogen and oxygen atoms in total. The Bertz CT molecular complexity index is 543. The van der Waals surface area contributed by atoms with Gasteiger partial charge in [0.2, 0.25) is 5.91 Å². The third-order valence-electron chi connectivity index (χ3n) is 2.21. The average Bonchev–Trinajstić information content (AvgIpc) is 2.95. The summed E-state index contributed by atoms with van der Waals surface area (Å²) in [5.74, 6) is -0.0129. The number of hydrogen-bond donors (Lipinski definition) is 1. The number of aromatic nitrogens is 1. The Balaban J connectivity index is 1.95. The maximum Gasteiger partial charge on any atom is 0.226 e. The SMILES string of the molecule is C=C(C)CNC(=O)Cc1csc(-c2cccs2)n1. The first-order valence-corrected chi connectivity index (χ1v) is 7.30. The Hall–Kier alpha value is -1.46. The summed E-state index contributed by atoms with van der Waals surface area (Å²) in [6.07, 6.45) is 0.329. The van der Waals surface area contributed by atoms with E-state index in [-0.39, 0.29) is 5.91 Å². The molecule has 0 saturated heterocycles. The maximum atomic E-state index is 11.6. The van der Waals surface area contributed by atoms with Crippen molar-refractivity contribution in [2.24, 2.45) is 0 Å². The number of nitrogens with one attached hydrogen (secondary N) is 1. The van der Waals surface area contributed by atoms with Crippen molar-refractivity contribution < 1.29 is 4.79 Å². The van der Waals surface area contributed by atoms with Gasteiger partial charge < -0.3 is 5.32 Å². The molecular weight excluding hydrogens is 264 g/mol. The van der Waals surface area contributed by atoms with E-state index in [1.165, 1.54) is 0 Å². The van der Waals surface area contributed by atoms with Gasteiger partial charge in [0.1, 0.15) is 5.01 Å². The quantitative estimate of drug-likeness (QED) is 0.854. The van der Waals surface area contributed by atoms with Crippen molar-refractivity contribution in [1.82, 2.24) is 10.3 Å². The maximum absolute atomic E-state index is 11.6. The summed E-state index contributed by atoms with van der Waals surface area (Å²) in [5, 5.41) is 7.75.